The molecular formula is C18H18O3. The number of hydrogen-bond acceptors (Lipinski definition) is 3. The van der Waals surface area contributed by atoms with Gasteiger partial charge in [-0.25, -0.2) is 0 Å². The Morgan fingerprint density at radius 3 is 2.38 bits per heavy atom. The zero-order chi connectivity index (χ0) is 14.9. The van der Waals surface area contributed by atoms with E-state index in [1.54, 1.807) is 7.11 Å². The average Bonchev–Trinajstić information content (AvgIpc) is 2.56. The molecule has 0 saturated heterocycles. The summed E-state index contributed by atoms with van der Waals surface area (Å²) in [6.07, 6.45) is -0.372. The van der Waals surface area contributed by atoms with Crippen LogP contribution in [-0.2, 0) is 4.74 Å². The van der Waals surface area contributed by atoms with Crippen molar-refractivity contribution in [3.05, 3.63) is 65.7 Å². The molecule has 0 aliphatic carbocycles. The molecule has 0 amide bonds. The molecule has 0 spiro atoms. The molecule has 0 saturated carbocycles. The lowest BCUT2D eigenvalue weighted by molar-refractivity contribution is 0.0592. The van der Waals surface area contributed by atoms with Gasteiger partial charge >= 0.3 is 0 Å². The predicted molar refractivity (Wildman–Crippen MR) is 82.1 cm³/mol. The summed E-state index contributed by atoms with van der Waals surface area (Å²) in [5.74, 6) is 6.98. The maximum atomic E-state index is 8.94. The van der Waals surface area contributed by atoms with Gasteiger partial charge in [0.25, 0.3) is 0 Å². The Balaban J connectivity index is 2.19. The third-order valence-electron chi connectivity index (χ3n) is 2.92. The molecular weight excluding hydrogens is 264 g/mol. The number of methoxy groups -OCH3 is 1. The Hall–Kier alpha value is -2.28. The van der Waals surface area contributed by atoms with Crippen molar-refractivity contribution in [2.75, 3.05) is 20.3 Å². The summed E-state index contributed by atoms with van der Waals surface area (Å²) >= 11 is 0. The zero-order valence-electron chi connectivity index (χ0n) is 12.0. The van der Waals surface area contributed by atoms with Crippen molar-refractivity contribution in [2.24, 2.45) is 0 Å². The highest BCUT2D eigenvalue weighted by atomic mass is 16.5. The molecule has 0 heterocycles. The molecule has 0 radical (unpaired) electrons. The van der Waals surface area contributed by atoms with Gasteiger partial charge in [-0.2, -0.15) is 0 Å². The Labute approximate surface area is 125 Å². The minimum atomic E-state index is -0.372. The monoisotopic (exact) mass is 282 g/mol. The van der Waals surface area contributed by atoms with Gasteiger partial charge < -0.3 is 14.6 Å². The van der Waals surface area contributed by atoms with E-state index in [-0.39, 0.29) is 19.3 Å². The van der Waals surface area contributed by atoms with Gasteiger partial charge in [0.15, 0.2) is 0 Å². The molecule has 108 valence electrons. The molecule has 1 atom stereocenters. The number of aliphatic hydroxyl groups is 1. The van der Waals surface area contributed by atoms with Crippen molar-refractivity contribution in [2.45, 2.75) is 6.10 Å². The zero-order valence-corrected chi connectivity index (χ0v) is 12.0. The van der Waals surface area contributed by atoms with Crippen LogP contribution in [0.1, 0.15) is 17.2 Å². The van der Waals surface area contributed by atoms with Crippen LogP contribution in [0.3, 0.4) is 0 Å². The van der Waals surface area contributed by atoms with Gasteiger partial charge in [0.1, 0.15) is 11.9 Å². The van der Waals surface area contributed by atoms with Gasteiger partial charge in [-0.05, 0) is 29.8 Å². The first-order valence-electron chi connectivity index (χ1n) is 6.76. The van der Waals surface area contributed by atoms with E-state index in [1.807, 2.05) is 54.6 Å². The summed E-state index contributed by atoms with van der Waals surface area (Å²) in [5, 5.41) is 8.94. The van der Waals surface area contributed by atoms with Crippen LogP contribution >= 0.6 is 0 Å². The fourth-order valence-electron chi connectivity index (χ4n) is 1.84. The topological polar surface area (TPSA) is 38.7 Å². The molecule has 0 aromatic heterocycles. The molecule has 3 heteroatoms. The van der Waals surface area contributed by atoms with E-state index in [4.69, 9.17) is 14.6 Å². The molecule has 1 unspecified atom stereocenters. The van der Waals surface area contributed by atoms with Crippen molar-refractivity contribution in [1.29, 1.82) is 0 Å². The summed E-state index contributed by atoms with van der Waals surface area (Å²) in [7, 11) is 1.63. The van der Waals surface area contributed by atoms with Crippen LogP contribution in [0, 0.1) is 11.8 Å². The van der Waals surface area contributed by atoms with Gasteiger partial charge in [0.2, 0.25) is 0 Å². The first kappa shape index (κ1) is 15.1. The minimum absolute atomic E-state index is 0.0281. The number of aliphatic hydroxyl groups excluding tert-OH is 1. The summed E-state index contributed by atoms with van der Waals surface area (Å²) in [5.41, 5.74) is 1.87. The number of rotatable bonds is 5. The quantitative estimate of drug-likeness (QED) is 0.857. The lowest BCUT2D eigenvalue weighted by Crippen LogP contribution is -2.06. The molecule has 0 fully saturated rings. The van der Waals surface area contributed by atoms with Crippen molar-refractivity contribution >= 4 is 0 Å². The van der Waals surface area contributed by atoms with Crippen molar-refractivity contribution < 1.29 is 14.6 Å². The van der Waals surface area contributed by atoms with Gasteiger partial charge in [0, 0.05) is 5.56 Å². The normalized spacial score (nSPS) is 11.3. The van der Waals surface area contributed by atoms with Crippen molar-refractivity contribution in [1.82, 2.24) is 0 Å². The van der Waals surface area contributed by atoms with Crippen LogP contribution in [0.2, 0.25) is 0 Å². The second-order valence-corrected chi connectivity index (χ2v) is 4.38. The standard InChI is InChI=1S/C18H18O3/c1-20-17-10-8-16(9-11-17)18(21-14-13-19)12-7-15-5-3-2-4-6-15/h2-6,8-11,18-19H,13-14H2,1H3. The minimum Gasteiger partial charge on any atom is -0.497 e. The number of benzene rings is 2. The summed E-state index contributed by atoms with van der Waals surface area (Å²) in [6, 6.07) is 17.3. The molecule has 1 N–H and O–H groups in total. The van der Waals surface area contributed by atoms with Crippen molar-refractivity contribution in [3.63, 3.8) is 0 Å². The van der Waals surface area contributed by atoms with E-state index in [0.29, 0.717) is 0 Å². The molecule has 2 aromatic rings. The maximum Gasteiger partial charge on any atom is 0.143 e. The second kappa shape index (κ2) is 8.11. The van der Waals surface area contributed by atoms with Gasteiger partial charge in [-0.15, -0.1) is 0 Å². The molecule has 0 aliphatic heterocycles. The van der Waals surface area contributed by atoms with Crippen LogP contribution in [0.5, 0.6) is 5.75 Å². The van der Waals surface area contributed by atoms with E-state index in [0.717, 1.165) is 16.9 Å². The van der Waals surface area contributed by atoms with Gasteiger partial charge in [0.05, 0.1) is 20.3 Å². The lowest BCUT2D eigenvalue weighted by Gasteiger charge is -2.12. The molecule has 0 bridgehead atoms. The van der Waals surface area contributed by atoms with Gasteiger partial charge in [-0.3, -0.25) is 0 Å². The maximum absolute atomic E-state index is 8.94. The van der Waals surface area contributed by atoms with Crippen molar-refractivity contribution in [3.8, 4) is 17.6 Å². The Bertz CT molecular complexity index is 594. The molecule has 2 aromatic carbocycles. The third-order valence-corrected chi connectivity index (χ3v) is 2.92. The second-order valence-electron chi connectivity index (χ2n) is 4.38. The fourth-order valence-corrected chi connectivity index (χ4v) is 1.84. The predicted octanol–water partition coefficient (Wildman–Crippen LogP) is 2.80. The smallest absolute Gasteiger partial charge is 0.143 e. The first-order valence-corrected chi connectivity index (χ1v) is 6.76. The fraction of sp³-hybridized carbons (Fsp3) is 0.222. The molecule has 3 nitrogen and oxygen atoms in total. The number of hydrogen-bond donors (Lipinski definition) is 1. The Morgan fingerprint density at radius 1 is 1.05 bits per heavy atom. The Kier molecular flexibility index (Phi) is 5.83. The number of ether oxygens (including phenoxy) is 2. The molecule has 21 heavy (non-hydrogen) atoms. The van der Waals surface area contributed by atoms with E-state index >= 15 is 0 Å². The van der Waals surface area contributed by atoms with E-state index in [1.165, 1.54) is 0 Å². The molecule has 2 rings (SSSR count). The summed E-state index contributed by atoms with van der Waals surface area (Å²) in [4.78, 5) is 0. The van der Waals surface area contributed by atoms with Crippen LogP contribution < -0.4 is 4.74 Å². The first-order chi connectivity index (χ1) is 10.3. The third kappa shape index (κ3) is 4.64. The summed E-state index contributed by atoms with van der Waals surface area (Å²) < 4.78 is 10.8. The SMILES string of the molecule is COc1ccc(C(C#Cc2ccccc2)OCCO)cc1. The van der Waals surface area contributed by atoms with E-state index < -0.39 is 0 Å². The summed E-state index contributed by atoms with van der Waals surface area (Å²) in [6.45, 7) is 0.222. The van der Waals surface area contributed by atoms with Crippen LogP contribution in [-0.4, -0.2) is 25.4 Å². The van der Waals surface area contributed by atoms with Crippen LogP contribution in [0.4, 0.5) is 0 Å². The van der Waals surface area contributed by atoms with Crippen LogP contribution in [0.25, 0.3) is 0 Å². The van der Waals surface area contributed by atoms with Crippen LogP contribution in [0.15, 0.2) is 54.6 Å². The highest BCUT2D eigenvalue weighted by molar-refractivity contribution is 5.38. The van der Waals surface area contributed by atoms with E-state index in [9.17, 15) is 0 Å². The lowest BCUT2D eigenvalue weighted by atomic mass is 10.1. The highest BCUT2D eigenvalue weighted by Crippen LogP contribution is 2.20. The molecule has 0 aliphatic rings. The Morgan fingerprint density at radius 2 is 1.76 bits per heavy atom. The average molecular weight is 282 g/mol. The highest BCUT2D eigenvalue weighted by Gasteiger charge is 2.08. The largest absolute Gasteiger partial charge is 0.497 e. The van der Waals surface area contributed by atoms with E-state index in [2.05, 4.69) is 11.8 Å². The van der Waals surface area contributed by atoms with Gasteiger partial charge in [-0.1, -0.05) is 42.2 Å².